The number of hydrogen-bond acceptors (Lipinski definition) is 1. The van der Waals surface area contributed by atoms with Gasteiger partial charge < -0.3 is 5.32 Å². The van der Waals surface area contributed by atoms with Crippen LogP contribution in [0.2, 0.25) is 0 Å². The van der Waals surface area contributed by atoms with Crippen LogP contribution in [0.5, 0.6) is 0 Å². The van der Waals surface area contributed by atoms with Crippen LogP contribution < -0.4 is 5.32 Å². The van der Waals surface area contributed by atoms with Gasteiger partial charge in [0.25, 0.3) is 0 Å². The van der Waals surface area contributed by atoms with Gasteiger partial charge in [-0.25, -0.2) is 0 Å². The fourth-order valence-corrected chi connectivity index (χ4v) is 1.37. The first kappa shape index (κ1) is 16.4. The second kappa shape index (κ2) is 10.6. The van der Waals surface area contributed by atoms with Crippen molar-refractivity contribution >= 4 is 5.84 Å². The molecule has 0 radical (unpaired) electrons. The summed E-state index contributed by atoms with van der Waals surface area (Å²) in [5.74, 6) is 0.953. The first-order valence-electron chi connectivity index (χ1n) is 6.55. The highest BCUT2D eigenvalue weighted by Crippen LogP contribution is 2.03. The third-order valence-corrected chi connectivity index (χ3v) is 2.61. The number of aliphatic imine (C=N–C) groups is 1. The third-order valence-electron chi connectivity index (χ3n) is 2.61. The average molecular weight is 246 g/mol. The molecule has 0 aromatic rings. The van der Waals surface area contributed by atoms with E-state index in [9.17, 15) is 0 Å². The van der Waals surface area contributed by atoms with Gasteiger partial charge >= 0.3 is 0 Å². The number of hydrogen-bond donors (Lipinski definition) is 1. The first-order valence-corrected chi connectivity index (χ1v) is 6.55. The lowest BCUT2D eigenvalue weighted by Gasteiger charge is -2.12. The maximum absolute atomic E-state index is 4.57. The lowest BCUT2D eigenvalue weighted by molar-refractivity contribution is 0.641. The topological polar surface area (TPSA) is 24.4 Å². The van der Waals surface area contributed by atoms with Crippen LogP contribution in [0.15, 0.2) is 54.1 Å². The van der Waals surface area contributed by atoms with Gasteiger partial charge in [-0.05, 0) is 38.3 Å². The zero-order valence-corrected chi connectivity index (χ0v) is 11.9. The van der Waals surface area contributed by atoms with Crippen molar-refractivity contribution in [3.8, 4) is 0 Å². The molecular weight excluding hydrogens is 220 g/mol. The van der Waals surface area contributed by atoms with Crippen LogP contribution >= 0.6 is 0 Å². The highest BCUT2D eigenvalue weighted by atomic mass is 15.0. The van der Waals surface area contributed by atoms with Crippen molar-refractivity contribution in [2.45, 2.75) is 39.7 Å². The van der Waals surface area contributed by atoms with Gasteiger partial charge in [0, 0.05) is 12.6 Å². The molecule has 1 N–H and O–H groups in total. The van der Waals surface area contributed by atoms with E-state index in [-0.39, 0.29) is 0 Å². The molecule has 0 aromatic heterocycles. The SMILES string of the molecule is C=C/C=C(\C=C)CCN=C(/C=C\C)N[C@@H](C)CC. The Hall–Kier alpha value is -1.57. The highest BCUT2D eigenvalue weighted by Gasteiger charge is 1.99. The third kappa shape index (κ3) is 7.66. The monoisotopic (exact) mass is 246 g/mol. The van der Waals surface area contributed by atoms with Crippen molar-refractivity contribution in [2.75, 3.05) is 6.54 Å². The summed E-state index contributed by atoms with van der Waals surface area (Å²) in [7, 11) is 0. The van der Waals surface area contributed by atoms with Gasteiger partial charge in [-0.2, -0.15) is 0 Å². The first-order chi connectivity index (χ1) is 8.67. The predicted octanol–water partition coefficient (Wildman–Crippen LogP) is 4.04. The Balaban J connectivity index is 4.44. The van der Waals surface area contributed by atoms with Gasteiger partial charge in [0.05, 0.1) is 0 Å². The van der Waals surface area contributed by atoms with Gasteiger partial charge in [0.15, 0.2) is 0 Å². The summed E-state index contributed by atoms with van der Waals surface area (Å²) >= 11 is 0. The van der Waals surface area contributed by atoms with Gasteiger partial charge in [-0.1, -0.05) is 44.4 Å². The molecule has 2 nitrogen and oxygen atoms in total. The Bertz CT molecular complexity index is 335. The second-order valence-electron chi connectivity index (χ2n) is 4.15. The van der Waals surface area contributed by atoms with E-state index in [1.54, 1.807) is 6.08 Å². The van der Waals surface area contributed by atoms with Crippen molar-refractivity contribution in [3.05, 3.63) is 49.1 Å². The summed E-state index contributed by atoms with van der Waals surface area (Å²) in [4.78, 5) is 4.57. The summed E-state index contributed by atoms with van der Waals surface area (Å²) < 4.78 is 0. The molecule has 0 unspecified atom stereocenters. The normalized spacial score (nSPS) is 14.6. The number of nitrogens with zero attached hydrogens (tertiary/aromatic N) is 1. The maximum Gasteiger partial charge on any atom is 0.120 e. The highest BCUT2D eigenvalue weighted by molar-refractivity contribution is 5.93. The summed E-state index contributed by atoms with van der Waals surface area (Å²) in [6.45, 7) is 14.5. The van der Waals surface area contributed by atoms with Crippen molar-refractivity contribution in [1.29, 1.82) is 0 Å². The van der Waals surface area contributed by atoms with Crippen molar-refractivity contribution < 1.29 is 0 Å². The van der Waals surface area contributed by atoms with Crippen LogP contribution in [-0.2, 0) is 0 Å². The largest absolute Gasteiger partial charge is 0.368 e. The standard InChI is InChI=1S/C16H26N2/c1-6-10-15(9-4)12-13-17-16(11-7-2)18-14(5)8-3/h6-7,9-11,14H,1,4,8,12-13H2,2-3,5H3,(H,17,18)/b11-7-,15-10+/t14-/m0/s1. The predicted molar refractivity (Wildman–Crippen MR) is 83.1 cm³/mol. The number of amidine groups is 1. The summed E-state index contributed by atoms with van der Waals surface area (Å²) in [6, 6.07) is 0.447. The van der Waals surface area contributed by atoms with Gasteiger partial charge in [0.2, 0.25) is 0 Å². The molecule has 0 saturated carbocycles. The molecule has 0 fully saturated rings. The van der Waals surface area contributed by atoms with E-state index in [0.29, 0.717) is 6.04 Å². The molecule has 18 heavy (non-hydrogen) atoms. The van der Waals surface area contributed by atoms with Gasteiger partial charge in [0.1, 0.15) is 5.84 Å². The van der Waals surface area contributed by atoms with Gasteiger partial charge in [-0.3, -0.25) is 4.99 Å². The molecule has 1 atom stereocenters. The van der Waals surface area contributed by atoms with Crippen LogP contribution in [0.25, 0.3) is 0 Å². The van der Waals surface area contributed by atoms with Crippen molar-refractivity contribution in [3.63, 3.8) is 0 Å². The molecule has 100 valence electrons. The quantitative estimate of drug-likeness (QED) is 0.390. The molecule has 0 aliphatic heterocycles. The van der Waals surface area contributed by atoms with Crippen molar-refractivity contribution in [1.82, 2.24) is 5.32 Å². The van der Waals surface area contributed by atoms with E-state index < -0.39 is 0 Å². The van der Waals surface area contributed by atoms with E-state index >= 15 is 0 Å². The van der Waals surface area contributed by atoms with E-state index in [1.807, 2.05) is 31.2 Å². The molecule has 0 heterocycles. The minimum atomic E-state index is 0.447. The molecule has 0 aromatic carbocycles. The Labute approximate surface area is 112 Å². The van der Waals surface area contributed by atoms with Crippen LogP contribution in [0.3, 0.4) is 0 Å². The Morgan fingerprint density at radius 2 is 2.11 bits per heavy atom. The minimum Gasteiger partial charge on any atom is -0.368 e. The Morgan fingerprint density at radius 3 is 2.61 bits per heavy atom. The number of allylic oxidation sites excluding steroid dienone is 4. The number of rotatable bonds is 8. The van der Waals surface area contributed by atoms with E-state index in [1.165, 1.54) is 0 Å². The molecule has 0 aliphatic carbocycles. The van der Waals surface area contributed by atoms with Gasteiger partial charge in [-0.15, -0.1) is 0 Å². The van der Waals surface area contributed by atoms with E-state index in [4.69, 9.17) is 0 Å². The molecule has 0 aliphatic rings. The average Bonchev–Trinajstić information content (AvgIpc) is 2.37. The Morgan fingerprint density at radius 1 is 1.39 bits per heavy atom. The maximum atomic E-state index is 4.57. The lowest BCUT2D eigenvalue weighted by Crippen LogP contribution is -2.30. The fourth-order valence-electron chi connectivity index (χ4n) is 1.37. The summed E-state index contributed by atoms with van der Waals surface area (Å²) in [5.41, 5.74) is 1.16. The molecular formula is C16H26N2. The Kier molecular flexibility index (Phi) is 9.65. The van der Waals surface area contributed by atoms with Crippen LogP contribution in [-0.4, -0.2) is 18.4 Å². The smallest absolute Gasteiger partial charge is 0.120 e. The molecule has 0 bridgehead atoms. The van der Waals surface area contributed by atoms with Crippen LogP contribution in [0.4, 0.5) is 0 Å². The van der Waals surface area contributed by atoms with Crippen molar-refractivity contribution in [2.24, 2.45) is 4.99 Å². The molecule has 0 spiro atoms. The molecule has 0 amide bonds. The summed E-state index contributed by atoms with van der Waals surface area (Å²) in [6.07, 6.45) is 11.6. The van der Waals surface area contributed by atoms with Crippen LogP contribution in [0, 0.1) is 0 Å². The second-order valence-corrected chi connectivity index (χ2v) is 4.15. The van der Waals surface area contributed by atoms with Crippen LogP contribution in [0.1, 0.15) is 33.6 Å². The lowest BCUT2D eigenvalue weighted by atomic mass is 10.2. The minimum absolute atomic E-state index is 0.447. The molecule has 2 heteroatoms. The zero-order valence-electron chi connectivity index (χ0n) is 11.9. The number of nitrogens with one attached hydrogen (secondary N) is 1. The zero-order chi connectivity index (χ0) is 13.8. The summed E-state index contributed by atoms with van der Waals surface area (Å²) in [5, 5.41) is 3.39. The fraction of sp³-hybridized carbons (Fsp3) is 0.438. The van der Waals surface area contributed by atoms with E-state index in [2.05, 4.69) is 37.3 Å². The molecule has 0 saturated heterocycles. The van der Waals surface area contributed by atoms with E-state index in [0.717, 1.165) is 30.8 Å². The molecule has 0 rings (SSSR count).